The summed E-state index contributed by atoms with van der Waals surface area (Å²) in [6.07, 6.45) is 15.0. The predicted octanol–water partition coefficient (Wildman–Crippen LogP) is 2.03. The molecule has 0 saturated carbocycles. The minimum Gasteiger partial charge on any atom is -0.381 e. The molecule has 0 unspecified atom stereocenters. The molecule has 1 heterocycles. The summed E-state index contributed by atoms with van der Waals surface area (Å²) in [4.78, 5) is 23.8. The predicted molar refractivity (Wildman–Crippen MR) is 91.8 cm³/mol. The lowest BCUT2D eigenvalue weighted by molar-refractivity contribution is -0.121. The molecule has 0 spiro atoms. The minimum atomic E-state index is -0.459. The first-order chi connectivity index (χ1) is 11.1. The Bertz CT molecular complexity index is 498. The van der Waals surface area contributed by atoms with Crippen LogP contribution in [0.15, 0.2) is 48.6 Å². The fourth-order valence-corrected chi connectivity index (χ4v) is 2.23. The van der Waals surface area contributed by atoms with Crippen LogP contribution < -0.4 is 10.6 Å². The zero-order chi connectivity index (χ0) is 17.0. The van der Waals surface area contributed by atoms with E-state index in [4.69, 9.17) is 4.74 Å². The molecule has 5 heteroatoms. The highest BCUT2D eigenvalue weighted by atomic mass is 16.5. The van der Waals surface area contributed by atoms with Gasteiger partial charge in [-0.05, 0) is 26.7 Å². The van der Waals surface area contributed by atoms with Gasteiger partial charge in [0.1, 0.15) is 0 Å². The van der Waals surface area contributed by atoms with Crippen LogP contribution in [0.3, 0.4) is 0 Å². The third-order valence-electron chi connectivity index (χ3n) is 3.54. The van der Waals surface area contributed by atoms with Crippen LogP contribution in [0.1, 0.15) is 26.7 Å². The standard InChI is InChI=1S/C18H26N2O3/c1-3-5-7-9-16(21)19-15-18(11-13-23-14-12-18)20-17(22)10-8-6-4-2/h3-10H,11-15H2,1-2H3,(H,19,21)(H,20,22). The fourth-order valence-electron chi connectivity index (χ4n) is 2.23. The SMILES string of the molecule is CC=CC=CC(=O)NCC1(NC(=O)C=CC=CC)CCOCC1. The number of carbonyl (C=O) groups is 2. The van der Waals surface area contributed by atoms with Gasteiger partial charge in [0, 0.05) is 31.9 Å². The van der Waals surface area contributed by atoms with E-state index in [1.54, 1.807) is 24.3 Å². The van der Waals surface area contributed by atoms with Crippen molar-refractivity contribution in [3.63, 3.8) is 0 Å². The van der Waals surface area contributed by atoms with E-state index in [1.165, 1.54) is 12.2 Å². The van der Waals surface area contributed by atoms with Crippen molar-refractivity contribution in [1.82, 2.24) is 10.6 Å². The van der Waals surface area contributed by atoms with Gasteiger partial charge in [-0.15, -0.1) is 0 Å². The molecule has 126 valence electrons. The van der Waals surface area contributed by atoms with Crippen LogP contribution in [0.4, 0.5) is 0 Å². The maximum atomic E-state index is 12.0. The number of hydrogen-bond acceptors (Lipinski definition) is 3. The number of nitrogens with one attached hydrogen (secondary N) is 2. The number of allylic oxidation sites excluding steroid dienone is 6. The zero-order valence-corrected chi connectivity index (χ0v) is 13.9. The van der Waals surface area contributed by atoms with E-state index in [2.05, 4.69) is 10.6 Å². The lowest BCUT2D eigenvalue weighted by Gasteiger charge is -2.37. The highest BCUT2D eigenvalue weighted by Gasteiger charge is 2.33. The Hall–Kier alpha value is -2.14. The Morgan fingerprint density at radius 2 is 1.52 bits per heavy atom. The molecular formula is C18H26N2O3. The van der Waals surface area contributed by atoms with Gasteiger partial charge in [-0.3, -0.25) is 9.59 Å². The van der Waals surface area contributed by atoms with Crippen LogP contribution in [0, 0.1) is 0 Å². The molecule has 2 amide bonds. The Morgan fingerprint density at radius 1 is 0.957 bits per heavy atom. The number of carbonyl (C=O) groups excluding carboxylic acids is 2. The maximum absolute atomic E-state index is 12.0. The van der Waals surface area contributed by atoms with Gasteiger partial charge >= 0.3 is 0 Å². The third-order valence-corrected chi connectivity index (χ3v) is 3.54. The van der Waals surface area contributed by atoms with Crippen molar-refractivity contribution >= 4 is 11.8 Å². The highest BCUT2D eigenvalue weighted by molar-refractivity contribution is 5.89. The summed E-state index contributed by atoms with van der Waals surface area (Å²) in [5.41, 5.74) is -0.459. The Balaban J connectivity index is 2.63. The van der Waals surface area contributed by atoms with Gasteiger partial charge in [-0.25, -0.2) is 0 Å². The van der Waals surface area contributed by atoms with Crippen molar-refractivity contribution in [1.29, 1.82) is 0 Å². The second kappa shape index (κ2) is 10.6. The van der Waals surface area contributed by atoms with Gasteiger partial charge in [-0.1, -0.05) is 36.5 Å². The first kappa shape index (κ1) is 18.9. The summed E-state index contributed by atoms with van der Waals surface area (Å²) in [6, 6.07) is 0. The van der Waals surface area contributed by atoms with Crippen LogP contribution in [-0.2, 0) is 14.3 Å². The molecule has 1 fully saturated rings. The largest absolute Gasteiger partial charge is 0.381 e. The quantitative estimate of drug-likeness (QED) is 0.557. The molecule has 0 bridgehead atoms. The minimum absolute atomic E-state index is 0.163. The summed E-state index contributed by atoms with van der Waals surface area (Å²) in [6.45, 7) is 5.31. The van der Waals surface area contributed by atoms with E-state index >= 15 is 0 Å². The molecule has 1 rings (SSSR count). The topological polar surface area (TPSA) is 67.4 Å². The number of ether oxygens (including phenoxy) is 1. The lowest BCUT2D eigenvalue weighted by Crippen LogP contribution is -2.58. The van der Waals surface area contributed by atoms with Gasteiger partial charge in [0.2, 0.25) is 11.8 Å². The fraction of sp³-hybridized carbons (Fsp3) is 0.444. The second-order valence-corrected chi connectivity index (χ2v) is 5.37. The van der Waals surface area contributed by atoms with E-state index in [9.17, 15) is 9.59 Å². The van der Waals surface area contributed by atoms with Gasteiger partial charge < -0.3 is 15.4 Å². The maximum Gasteiger partial charge on any atom is 0.244 e. The van der Waals surface area contributed by atoms with Crippen molar-refractivity contribution in [2.45, 2.75) is 32.2 Å². The number of amides is 2. The monoisotopic (exact) mass is 318 g/mol. The number of rotatable bonds is 7. The average molecular weight is 318 g/mol. The summed E-state index contributed by atoms with van der Waals surface area (Å²) in [5.74, 6) is -0.337. The smallest absolute Gasteiger partial charge is 0.244 e. The third kappa shape index (κ3) is 7.61. The van der Waals surface area contributed by atoms with Crippen LogP contribution in [0.5, 0.6) is 0 Å². The summed E-state index contributed by atoms with van der Waals surface area (Å²) < 4.78 is 5.37. The normalized spacial score (nSPS) is 18.2. The molecule has 5 nitrogen and oxygen atoms in total. The van der Waals surface area contributed by atoms with Crippen molar-refractivity contribution in [2.75, 3.05) is 19.8 Å². The van der Waals surface area contributed by atoms with Crippen molar-refractivity contribution in [3.8, 4) is 0 Å². The molecule has 1 saturated heterocycles. The van der Waals surface area contributed by atoms with Crippen LogP contribution in [0.2, 0.25) is 0 Å². The van der Waals surface area contributed by atoms with Gasteiger partial charge in [-0.2, -0.15) is 0 Å². The second-order valence-electron chi connectivity index (χ2n) is 5.37. The van der Waals surface area contributed by atoms with Gasteiger partial charge in [0.25, 0.3) is 0 Å². The molecule has 0 aromatic carbocycles. The molecule has 0 radical (unpaired) electrons. The van der Waals surface area contributed by atoms with E-state index < -0.39 is 5.54 Å². The van der Waals surface area contributed by atoms with E-state index in [0.717, 1.165) is 0 Å². The Labute approximate surface area is 138 Å². The molecule has 0 atom stereocenters. The van der Waals surface area contributed by atoms with E-state index in [-0.39, 0.29) is 11.8 Å². The molecule has 0 aromatic rings. The van der Waals surface area contributed by atoms with Crippen LogP contribution in [-0.4, -0.2) is 37.1 Å². The molecule has 0 aromatic heterocycles. The van der Waals surface area contributed by atoms with Gasteiger partial charge in [0.15, 0.2) is 0 Å². The molecular weight excluding hydrogens is 292 g/mol. The molecule has 23 heavy (non-hydrogen) atoms. The van der Waals surface area contributed by atoms with Crippen LogP contribution in [0.25, 0.3) is 0 Å². The molecule has 1 aliphatic heterocycles. The van der Waals surface area contributed by atoms with Crippen LogP contribution >= 0.6 is 0 Å². The number of hydrogen-bond donors (Lipinski definition) is 2. The Kier molecular flexibility index (Phi) is 8.68. The van der Waals surface area contributed by atoms with Crippen molar-refractivity contribution in [3.05, 3.63) is 48.6 Å². The first-order valence-electron chi connectivity index (χ1n) is 7.88. The first-order valence-corrected chi connectivity index (χ1v) is 7.88. The Morgan fingerprint density at radius 3 is 2.09 bits per heavy atom. The molecule has 1 aliphatic rings. The summed E-state index contributed by atoms with van der Waals surface area (Å²) in [5, 5.41) is 5.88. The summed E-state index contributed by atoms with van der Waals surface area (Å²) >= 11 is 0. The van der Waals surface area contributed by atoms with Crippen molar-refractivity contribution in [2.24, 2.45) is 0 Å². The zero-order valence-electron chi connectivity index (χ0n) is 13.9. The van der Waals surface area contributed by atoms with Gasteiger partial charge in [0.05, 0.1) is 5.54 Å². The van der Waals surface area contributed by atoms with E-state index in [1.807, 2.05) is 26.0 Å². The van der Waals surface area contributed by atoms with E-state index in [0.29, 0.717) is 32.6 Å². The van der Waals surface area contributed by atoms with Crippen molar-refractivity contribution < 1.29 is 14.3 Å². The highest BCUT2D eigenvalue weighted by Crippen LogP contribution is 2.20. The summed E-state index contributed by atoms with van der Waals surface area (Å²) in [7, 11) is 0. The lowest BCUT2D eigenvalue weighted by atomic mass is 9.89. The molecule has 2 N–H and O–H groups in total. The average Bonchev–Trinajstić information content (AvgIpc) is 2.54. The molecule has 0 aliphatic carbocycles.